The highest BCUT2D eigenvalue weighted by molar-refractivity contribution is 5.83. The second-order valence-electron chi connectivity index (χ2n) is 3.23. The van der Waals surface area contributed by atoms with E-state index < -0.39 is 0 Å². The van der Waals surface area contributed by atoms with Crippen molar-refractivity contribution in [3.63, 3.8) is 0 Å². The summed E-state index contributed by atoms with van der Waals surface area (Å²) < 4.78 is 0. The average molecular weight is 150 g/mol. The maximum Gasteiger partial charge on any atom is 0.240 e. The van der Waals surface area contributed by atoms with Crippen LogP contribution in [0.3, 0.4) is 0 Å². The van der Waals surface area contributed by atoms with E-state index >= 15 is 0 Å². The van der Waals surface area contributed by atoms with Gasteiger partial charge in [-0.2, -0.15) is 5.26 Å². The number of nitrogens with zero attached hydrogens (tertiary/aromatic N) is 2. The third-order valence-corrected chi connectivity index (χ3v) is 2.38. The normalized spacial score (nSPS) is 30.6. The van der Waals surface area contributed by atoms with Crippen molar-refractivity contribution >= 4 is 5.91 Å². The highest BCUT2D eigenvalue weighted by atomic mass is 16.2. The molecule has 1 unspecified atom stereocenters. The Morgan fingerprint density at radius 2 is 2.18 bits per heavy atom. The Balaban J connectivity index is 2.06. The molecule has 0 bridgehead atoms. The first-order chi connectivity index (χ1) is 5.33. The zero-order valence-electron chi connectivity index (χ0n) is 6.29. The van der Waals surface area contributed by atoms with E-state index in [1.165, 1.54) is 0 Å². The number of hydrogen-bond donors (Lipinski definition) is 0. The van der Waals surface area contributed by atoms with E-state index in [9.17, 15) is 4.79 Å². The van der Waals surface area contributed by atoms with Gasteiger partial charge in [-0.15, -0.1) is 0 Å². The molecule has 2 aliphatic rings. The highest BCUT2D eigenvalue weighted by Crippen LogP contribution is 2.32. The number of hydrogen-bond acceptors (Lipinski definition) is 2. The van der Waals surface area contributed by atoms with Crippen LogP contribution in [0.15, 0.2) is 0 Å². The minimum atomic E-state index is -0.337. The van der Waals surface area contributed by atoms with E-state index in [0.29, 0.717) is 6.04 Å². The summed E-state index contributed by atoms with van der Waals surface area (Å²) in [7, 11) is 0. The Labute approximate surface area is 65.6 Å². The topological polar surface area (TPSA) is 44.1 Å². The van der Waals surface area contributed by atoms with Crippen molar-refractivity contribution in [2.24, 2.45) is 5.92 Å². The molecule has 1 saturated carbocycles. The summed E-state index contributed by atoms with van der Waals surface area (Å²) in [6.45, 7) is 0.807. The molecule has 0 aromatic carbocycles. The van der Waals surface area contributed by atoms with Crippen LogP contribution in [0.1, 0.15) is 19.3 Å². The summed E-state index contributed by atoms with van der Waals surface area (Å²) in [6.07, 6.45) is 3.03. The smallest absolute Gasteiger partial charge is 0.240 e. The predicted molar refractivity (Wildman–Crippen MR) is 38.5 cm³/mol. The lowest BCUT2D eigenvalue weighted by Crippen LogP contribution is -2.28. The lowest BCUT2D eigenvalue weighted by molar-refractivity contribution is -0.130. The van der Waals surface area contributed by atoms with Gasteiger partial charge >= 0.3 is 0 Å². The van der Waals surface area contributed by atoms with Crippen molar-refractivity contribution in [1.29, 1.82) is 5.26 Å². The minimum Gasteiger partial charge on any atom is -0.339 e. The van der Waals surface area contributed by atoms with Crippen LogP contribution in [0.4, 0.5) is 0 Å². The zero-order valence-corrected chi connectivity index (χ0v) is 6.29. The zero-order chi connectivity index (χ0) is 7.84. The van der Waals surface area contributed by atoms with Crippen LogP contribution in [-0.2, 0) is 4.79 Å². The van der Waals surface area contributed by atoms with E-state index in [1.54, 1.807) is 0 Å². The van der Waals surface area contributed by atoms with Gasteiger partial charge < -0.3 is 4.90 Å². The van der Waals surface area contributed by atoms with Crippen LogP contribution in [-0.4, -0.2) is 23.4 Å². The van der Waals surface area contributed by atoms with E-state index in [-0.39, 0.29) is 11.8 Å². The summed E-state index contributed by atoms with van der Waals surface area (Å²) in [5.74, 6) is -0.273. The van der Waals surface area contributed by atoms with Crippen LogP contribution in [0.25, 0.3) is 0 Å². The fourth-order valence-corrected chi connectivity index (χ4v) is 1.57. The second kappa shape index (κ2) is 2.23. The molecule has 3 nitrogen and oxygen atoms in total. The van der Waals surface area contributed by atoms with Gasteiger partial charge in [-0.25, -0.2) is 0 Å². The molecule has 1 aliphatic carbocycles. The standard InChI is InChI=1S/C8H10N2O/c9-5-6-3-4-10(8(6)11)7-1-2-7/h6-7H,1-4H2. The first-order valence-electron chi connectivity index (χ1n) is 4.03. The SMILES string of the molecule is N#CC1CCN(C2CC2)C1=O. The van der Waals surface area contributed by atoms with Gasteiger partial charge in [0.05, 0.1) is 6.07 Å². The van der Waals surface area contributed by atoms with Crippen LogP contribution in [0.5, 0.6) is 0 Å². The third kappa shape index (κ3) is 0.988. The molecule has 0 spiro atoms. The maximum atomic E-state index is 11.3. The number of rotatable bonds is 1. The highest BCUT2D eigenvalue weighted by Gasteiger charge is 2.40. The lowest BCUT2D eigenvalue weighted by Gasteiger charge is -2.13. The van der Waals surface area contributed by atoms with Gasteiger partial charge in [0.15, 0.2) is 0 Å². The largest absolute Gasteiger partial charge is 0.339 e. The van der Waals surface area contributed by atoms with Crippen LogP contribution in [0.2, 0.25) is 0 Å². The van der Waals surface area contributed by atoms with Crippen molar-refractivity contribution in [2.45, 2.75) is 25.3 Å². The number of nitriles is 1. The third-order valence-electron chi connectivity index (χ3n) is 2.38. The fourth-order valence-electron chi connectivity index (χ4n) is 1.57. The molecule has 58 valence electrons. The molecular formula is C8H10N2O. The molecule has 1 saturated heterocycles. The van der Waals surface area contributed by atoms with Gasteiger partial charge in [-0.1, -0.05) is 0 Å². The van der Waals surface area contributed by atoms with Gasteiger partial charge in [0.25, 0.3) is 0 Å². The molecule has 0 N–H and O–H groups in total. The van der Waals surface area contributed by atoms with Crippen LogP contribution in [0, 0.1) is 17.2 Å². The van der Waals surface area contributed by atoms with Crippen molar-refractivity contribution in [3.8, 4) is 6.07 Å². The summed E-state index contributed by atoms with van der Waals surface area (Å²) in [5.41, 5.74) is 0. The molecule has 0 aromatic heterocycles. The summed E-state index contributed by atoms with van der Waals surface area (Å²) in [6, 6.07) is 2.52. The first kappa shape index (κ1) is 6.66. The van der Waals surface area contributed by atoms with Crippen LogP contribution < -0.4 is 0 Å². The summed E-state index contributed by atoms with van der Waals surface area (Å²) >= 11 is 0. The maximum absolute atomic E-state index is 11.3. The van der Waals surface area contributed by atoms with E-state index in [1.807, 2.05) is 11.0 Å². The van der Waals surface area contributed by atoms with Crippen molar-refractivity contribution < 1.29 is 4.79 Å². The number of carbonyl (C=O) groups is 1. The van der Waals surface area contributed by atoms with E-state index in [0.717, 1.165) is 25.8 Å². The van der Waals surface area contributed by atoms with E-state index in [4.69, 9.17) is 5.26 Å². The molecule has 0 radical (unpaired) electrons. The molecule has 1 aliphatic heterocycles. The molecule has 3 heteroatoms. The average Bonchev–Trinajstić information content (AvgIpc) is 2.77. The van der Waals surface area contributed by atoms with Gasteiger partial charge in [-0.3, -0.25) is 4.79 Å². The molecule has 0 aromatic rings. The molecule has 1 amide bonds. The van der Waals surface area contributed by atoms with E-state index in [2.05, 4.69) is 0 Å². The Bertz CT molecular complexity index is 227. The number of carbonyl (C=O) groups excluding carboxylic acids is 1. The molecule has 11 heavy (non-hydrogen) atoms. The number of likely N-dealkylation sites (tertiary alicyclic amines) is 1. The van der Waals surface area contributed by atoms with Gasteiger partial charge in [-0.05, 0) is 19.3 Å². The lowest BCUT2D eigenvalue weighted by atomic mass is 10.1. The number of amides is 1. The first-order valence-corrected chi connectivity index (χ1v) is 4.03. The monoisotopic (exact) mass is 150 g/mol. The summed E-state index contributed by atoms with van der Waals surface area (Å²) in [4.78, 5) is 13.2. The second-order valence-corrected chi connectivity index (χ2v) is 3.23. The molecule has 1 heterocycles. The quantitative estimate of drug-likeness (QED) is 0.547. The molecule has 2 fully saturated rings. The Morgan fingerprint density at radius 3 is 2.64 bits per heavy atom. The van der Waals surface area contributed by atoms with Gasteiger partial charge in [0.2, 0.25) is 5.91 Å². The predicted octanol–water partition coefficient (Wildman–Crippen LogP) is 0.521. The van der Waals surface area contributed by atoms with Crippen molar-refractivity contribution in [3.05, 3.63) is 0 Å². The van der Waals surface area contributed by atoms with Crippen LogP contribution >= 0.6 is 0 Å². The van der Waals surface area contributed by atoms with Gasteiger partial charge in [0, 0.05) is 12.6 Å². The van der Waals surface area contributed by atoms with Crippen molar-refractivity contribution in [1.82, 2.24) is 4.90 Å². The molecule has 1 atom stereocenters. The van der Waals surface area contributed by atoms with Gasteiger partial charge in [0.1, 0.15) is 5.92 Å². The van der Waals surface area contributed by atoms with Crippen molar-refractivity contribution in [2.75, 3.05) is 6.54 Å². The fraction of sp³-hybridized carbons (Fsp3) is 0.750. The molecular weight excluding hydrogens is 140 g/mol. The summed E-state index contributed by atoms with van der Waals surface area (Å²) in [5, 5.41) is 8.56. The Hall–Kier alpha value is -1.04. The molecule has 2 rings (SSSR count). The Kier molecular flexibility index (Phi) is 1.35. The Morgan fingerprint density at radius 1 is 1.45 bits per heavy atom. The minimum absolute atomic E-state index is 0.0648.